The topological polar surface area (TPSA) is 87.7 Å². The summed E-state index contributed by atoms with van der Waals surface area (Å²) in [6.45, 7) is 3.74. The van der Waals surface area contributed by atoms with E-state index in [0.717, 1.165) is 19.3 Å². The lowest BCUT2D eigenvalue weighted by molar-refractivity contribution is -0.119. The summed E-state index contributed by atoms with van der Waals surface area (Å²) in [5.41, 5.74) is 5.10. The maximum absolute atomic E-state index is 12.2. The summed E-state index contributed by atoms with van der Waals surface area (Å²) >= 11 is 0. The largest absolute Gasteiger partial charge is 0.496 e. The van der Waals surface area contributed by atoms with Gasteiger partial charge in [0.2, 0.25) is 15.0 Å². The van der Waals surface area contributed by atoms with Crippen molar-refractivity contribution in [2.24, 2.45) is 0 Å². The van der Waals surface area contributed by atoms with Crippen LogP contribution < -0.4 is 15.1 Å². The summed E-state index contributed by atoms with van der Waals surface area (Å²) in [5.74, 6) is 1.77. The lowest BCUT2D eigenvalue weighted by atomic mass is 9.75. The zero-order valence-corrected chi connectivity index (χ0v) is 24.5. The Balaban J connectivity index is 0.000000195. The molecule has 1 unspecified atom stereocenters. The molecule has 2 atom stereocenters. The van der Waals surface area contributed by atoms with E-state index in [4.69, 9.17) is 9.30 Å². The molecule has 0 radical (unpaired) electrons. The lowest BCUT2D eigenvalue weighted by Gasteiger charge is -2.30. The third kappa shape index (κ3) is 8.73. The highest BCUT2D eigenvalue weighted by Crippen LogP contribution is 2.41. The number of methoxy groups -OCH3 is 1. The molecule has 1 heterocycles. The van der Waals surface area contributed by atoms with Crippen molar-refractivity contribution < 1.29 is 18.9 Å². The zero-order chi connectivity index (χ0) is 28.7. The van der Waals surface area contributed by atoms with Gasteiger partial charge in [-0.3, -0.25) is 14.2 Å². The van der Waals surface area contributed by atoms with Crippen molar-refractivity contribution in [3.63, 3.8) is 0 Å². The maximum atomic E-state index is 12.2. The number of fused-ring (bicyclic) bond motifs is 1. The molecule has 2 aliphatic rings. The molecule has 5 rings (SSSR count). The molecule has 0 spiro atoms. The Kier molecular flexibility index (Phi) is 12.8. The van der Waals surface area contributed by atoms with Crippen molar-refractivity contribution in [3.8, 4) is 5.75 Å². The van der Waals surface area contributed by atoms with E-state index in [1.165, 1.54) is 24.0 Å². The molecule has 40 heavy (non-hydrogen) atoms. The van der Waals surface area contributed by atoms with E-state index in [1.807, 2.05) is 12.1 Å². The van der Waals surface area contributed by atoms with E-state index in [1.54, 1.807) is 36.8 Å². The normalized spacial score (nSPS) is 18.2. The van der Waals surface area contributed by atoms with Gasteiger partial charge >= 0.3 is 0 Å². The Hall–Kier alpha value is -3.54. The Morgan fingerprint density at radius 1 is 0.900 bits per heavy atom. The van der Waals surface area contributed by atoms with Crippen molar-refractivity contribution in [2.75, 3.05) is 27.2 Å². The monoisotopic (exact) mass is 561 g/mol. The number of amides is 2. The van der Waals surface area contributed by atoms with Gasteiger partial charge in [-0.25, -0.2) is 5.09 Å². The van der Waals surface area contributed by atoms with Crippen molar-refractivity contribution in [2.45, 2.75) is 50.5 Å². The molecule has 1 aliphatic carbocycles. The van der Waals surface area contributed by atoms with Gasteiger partial charge in [0.1, 0.15) is 5.75 Å². The molecule has 0 bridgehead atoms. The first-order chi connectivity index (χ1) is 19.5. The number of rotatable bonds is 6. The van der Waals surface area contributed by atoms with Crippen LogP contribution >= 0.6 is 8.61 Å². The van der Waals surface area contributed by atoms with Crippen LogP contribution in [0.5, 0.6) is 5.75 Å². The van der Waals surface area contributed by atoms with Gasteiger partial charge in [-0.05, 0) is 67.5 Å². The number of benzene rings is 3. The Morgan fingerprint density at radius 3 is 2.12 bits per heavy atom. The molecule has 3 aromatic rings. The van der Waals surface area contributed by atoms with Gasteiger partial charge in [0.25, 0.3) is 5.91 Å². The molecule has 2 amide bonds. The second-order valence-corrected chi connectivity index (χ2v) is 10.6. The quantitative estimate of drug-likeness (QED) is 0.278. The van der Waals surface area contributed by atoms with Crippen LogP contribution in [0.3, 0.4) is 0 Å². The summed E-state index contributed by atoms with van der Waals surface area (Å²) in [4.78, 5) is 24.5. The molecule has 8 heteroatoms. The van der Waals surface area contributed by atoms with Crippen molar-refractivity contribution in [1.29, 1.82) is 0 Å². The molecule has 0 aromatic heterocycles. The molecule has 1 fully saturated rings. The highest BCUT2D eigenvalue weighted by molar-refractivity contribution is 7.20. The Bertz CT molecular complexity index is 1220. The number of carbonyl (C=O) groups is 2. The van der Waals surface area contributed by atoms with E-state index in [9.17, 15) is 9.59 Å². The predicted octanol–water partition coefficient (Wildman–Crippen LogP) is 6.17. The van der Waals surface area contributed by atoms with Gasteiger partial charge < -0.3 is 15.0 Å². The fraction of sp³-hybridized carbons (Fsp3) is 0.375. The first kappa shape index (κ1) is 31.0. The maximum Gasteiger partial charge on any atom is 0.255 e. The second-order valence-electron chi connectivity index (χ2n) is 9.97. The van der Waals surface area contributed by atoms with Crippen LogP contribution in [0.25, 0.3) is 0 Å². The molecule has 0 saturated carbocycles. The van der Waals surface area contributed by atoms with Crippen LogP contribution in [0, 0.1) is 0 Å². The molecule has 3 aromatic carbocycles. The first-order valence-electron chi connectivity index (χ1n) is 13.8. The van der Waals surface area contributed by atoms with Gasteiger partial charge in [0.05, 0.1) is 12.7 Å². The van der Waals surface area contributed by atoms with Gasteiger partial charge in [-0.1, -0.05) is 73.7 Å². The number of carbonyl (C=O) groups excluding carboxylic acids is 2. The Labute approximate surface area is 239 Å². The zero-order valence-electron chi connectivity index (χ0n) is 23.6. The third-order valence-electron chi connectivity index (χ3n) is 7.45. The molecular weight excluding hydrogens is 521 g/mol. The van der Waals surface area contributed by atoms with E-state index < -0.39 is 0 Å². The van der Waals surface area contributed by atoms with Gasteiger partial charge in [-0.2, -0.15) is 0 Å². The van der Waals surface area contributed by atoms with Gasteiger partial charge in [0, 0.05) is 25.0 Å². The fourth-order valence-corrected chi connectivity index (χ4v) is 5.28. The minimum atomic E-state index is -0.123. The average molecular weight is 562 g/mol. The number of hydrogen-bond acceptors (Lipinski definition) is 4. The average Bonchev–Trinajstić information content (AvgIpc) is 3.02. The highest BCUT2D eigenvalue weighted by atomic mass is 31.1. The molecule has 212 valence electrons. The number of likely N-dealkylation sites (tertiary alicyclic amines) is 1. The van der Waals surface area contributed by atoms with Crippen LogP contribution in [0.4, 0.5) is 0 Å². The number of ether oxygens (including phenoxy) is 1. The van der Waals surface area contributed by atoms with Crippen LogP contribution in [0.15, 0.2) is 78.9 Å². The number of hydrogen-bond donors (Lipinski definition) is 2. The summed E-state index contributed by atoms with van der Waals surface area (Å²) in [5, 5.41) is 5.34. The third-order valence-corrected chi connectivity index (χ3v) is 7.63. The molecule has 7 nitrogen and oxygen atoms in total. The van der Waals surface area contributed by atoms with E-state index >= 15 is 0 Å². The minimum absolute atomic E-state index is 0.00154. The van der Waals surface area contributed by atoms with Crippen molar-refractivity contribution in [1.82, 2.24) is 15.3 Å². The molecule has 2 N–H and O–H groups in total. The summed E-state index contributed by atoms with van der Waals surface area (Å²) in [7, 11) is 3.15. The summed E-state index contributed by atoms with van der Waals surface area (Å²) in [6, 6.07) is 27.1. The first-order valence-corrected chi connectivity index (χ1v) is 14.6. The van der Waals surface area contributed by atoms with Crippen LogP contribution in [0.1, 0.15) is 71.5 Å². The second kappa shape index (κ2) is 16.5. The van der Waals surface area contributed by atoms with Gasteiger partial charge in [-0.15, -0.1) is 0 Å². The van der Waals surface area contributed by atoms with E-state index in [-0.39, 0.29) is 20.6 Å². The SMILES string of the molecule is CNP=O.COc1ccccc1C(=O)NC1CCN(C=O)CC1.C[C@H]1CCC(c2ccccc2)c2ccccc21. The minimum Gasteiger partial charge on any atom is -0.496 e. The van der Waals surface area contributed by atoms with E-state index in [2.05, 4.69) is 71.9 Å². The number of para-hydroxylation sites is 1. The molecular formula is C32H40N3O4P. The molecule has 1 saturated heterocycles. The number of piperidine rings is 1. The standard InChI is InChI=1S/C17H18.C14H18N2O3.CH4NOP/c1-13-11-12-16(14-7-3-2-4-8-14)17-10-6-5-9-15(13)17;1-19-13-5-3-2-4-12(13)14(18)15-11-6-8-16(10-17)9-7-11;1-2-4-3/h2-10,13,16H,11-12H2,1H3;2-5,10-11H,6-9H2,1H3,(H,15,18);1H3,(H,2,3)/t13-,16?;;/m0../s1. The number of nitrogens with zero attached hydrogens (tertiary/aromatic N) is 1. The number of nitrogens with one attached hydrogen (secondary N) is 2. The van der Waals surface area contributed by atoms with Crippen molar-refractivity contribution >= 4 is 20.9 Å². The molecule has 1 aliphatic heterocycles. The summed E-state index contributed by atoms with van der Waals surface area (Å²) in [6.07, 6.45) is 5.02. The van der Waals surface area contributed by atoms with Crippen LogP contribution in [0.2, 0.25) is 0 Å². The summed E-state index contributed by atoms with van der Waals surface area (Å²) < 4.78 is 14.3. The predicted molar refractivity (Wildman–Crippen MR) is 160 cm³/mol. The van der Waals surface area contributed by atoms with Crippen molar-refractivity contribution in [3.05, 3.63) is 101 Å². The van der Waals surface area contributed by atoms with E-state index in [0.29, 0.717) is 36.2 Å². The lowest BCUT2D eigenvalue weighted by Crippen LogP contribution is -2.44. The van der Waals surface area contributed by atoms with Crippen LogP contribution in [-0.2, 0) is 9.36 Å². The van der Waals surface area contributed by atoms with Crippen LogP contribution in [-0.4, -0.2) is 50.5 Å². The Morgan fingerprint density at radius 2 is 1.50 bits per heavy atom. The smallest absolute Gasteiger partial charge is 0.255 e. The fourth-order valence-electron chi connectivity index (χ4n) is 5.28. The van der Waals surface area contributed by atoms with Gasteiger partial charge in [0.15, 0.2) is 0 Å². The highest BCUT2D eigenvalue weighted by Gasteiger charge is 2.25.